The summed E-state index contributed by atoms with van der Waals surface area (Å²) in [5, 5.41) is 17.8. The van der Waals surface area contributed by atoms with Gasteiger partial charge in [-0.3, -0.25) is 4.79 Å². The molecule has 0 amide bonds. The summed E-state index contributed by atoms with van der Waals surface area (Å²) in [6.45, 7) is 2.92. The average molecular weight is 200 g/mol. The van der Waals surface area contributed by atoms with Crippen LogP contribution < -0.4 is 0 Å². The van der Waals surface area contributed by atoms with Crippen LogP contribution in [0.15, 0.2) is 11.6 Å². The van der Waals surface area contributed by atoms with E-state index in [2.05, 4.69) is 0 Å². The number of ketones is 1. The highest BCUT2D eigenvalue weighted by Gasteiger charge is 2.06. The van der Waals surface area contributed by atoms with Crippen molar-refractivity contribution in [2.24, 2.45) is 0 Å². The molecule has 0 aliphatic heterocycles. The van der Waals surface area contributed by atoms with E-state index in [0.717, 1.165) is 0 Å². The molecule has 1 unspecified atom stereocenters. The minimum absolute atomic E-state index is 0.0589. The Kier molecular flexibility index (Phi) is 5.79. The maximum atomic E-state index is 10.6. The van der Waals surface area contributed by atoms with E-state index in [4.69, 9.17) is 5.11 Å². The molecule has 4 heteroatoms. The van der Waals surface area contributed by atoms with Gasteiger partial charge in [0.05, 0.1) is 6.10 Å². The fraction of sp³-hybridized carbons (Fsp3) is 0.600. The van der Waals surface area contributed by atoms with Crippen LogP contribution in [0.1, 0.15) is 33.1 Å². The van der Waals surface area contributed by atoms with Crippen molar-refractivity contribution in [2.45, 2.75) is 39.2 Å². The maximum Gasteiger partial charge on any atom is 0.330 e. The standard InChI is InChI=1S/C10H16O4/c1-7(10(13)14)4-3-5-9(12)6-8(2)11/h4,9,12H,3,5-6H2,1-2H3,(H,13,14)/b7-4+. The van der Waals surface area contributed by atoms with E-state index in [1.807, 2.05) is 0 Å². The highest BCUT2D eigenvalue weighted by Crippen LogP contribution is 2.05. The third-order valence-electron chi connectivity index (χ3n) is 1.81. The van der Waals surface area contributed by atoms with E-state index >= 15 is 0 Å². The molecule has 0 heterocycles. The third-order valence-corrected chi connectivity index (χ3v) is 1.81. The van der Waals surface area contributed by atoms with E-state index in [1.165, 1.54) is 13.8 Å². The number of carboxylic acids is 1. The lowest BCUT2D eigenvalue weighted by Gasteiger charge is -2.05. The molecule has 2 N–H and O–H groups in total. The maximum absolute atomic E-state index is 10.6. The van der Waals surface area contributed by atoms with Crippen molar-refractivity contribution in [1.29, 1.82) is 0 Å². The van der Waals surface area contributed by atoms with Crippen LogP contribution in [0.25, 0.3) is 0 Å². The first-order valence-corrected chi connectivity index (χ1v) is 4.51. The molecule has 0 radical (unpaired) electrons. The molecule has 0 fully saturated rings. The monoisotopic (exact) mass is 200 g/mol. The Hall–Kier alpha value is -1.16. The summed E-state index contributed by atoms with van der Waals surface area (Å²) in [5.41, 5.74) is 0.264. The lowest BCUT2D eigenvalue weighted by molar-refractivity contribution is -0.132. The molecule has 0 aliphatic carbocycles. The van der Waals surface area contributed by atoms with Crippen molar-refractivity contribution in [3.8, 4) is 0 Å². The number of Topliss-reactive ketones (excluding diaryl/α,β-unsaturated/α-hetero) is 1. The first-order valence-electron chi connectivity index (χ1n) is 4.51. The first kappa shape index (κ1) is 12.8. The summed E-state index contributed by atoms with van der Waals surface area (Å²) < 4.78 is 0. The number of aliphatic carboxylic acids is 1. The van der Waals surface area contributed by atoms with Crippen molar-refractivity contribution < 1.29 is 19.8 Å². The van der Waals surface area contributed by atoms with Crippen LogP contribution in [-0.4, -0.2) is 28.1 Å². The molecule has 1 atom stereocenters. The number of aliphatic hydroxyl groups excluding tert-OH is 1. The van der Waals surface area contributed by atoms with Gasteiger partial charge in [-0.2, -0.15) is 0 Å². The van der Waals surface area contributed by atoms with E-state index in [-0.39, 0.29) is 17.8 Å². The molecule has 0 aromatic carbocycles. The van der Waals surface area contributed by atoms with E-state index < -0.39 is 12.1 Å². The van der Waals surface area contributed by atoms with Gasteiger partial charge in [0.25, 0.3) is 0 Å². The van der Waals surface area contributed by atoms with Gasteiger partial charge in [0.1, 0.15) is 5.78 Å². The van der Waals surface area contributed by atoms with Gasteiger partial charge in [0.2, 0.25) is 0 Å². The number of hydrogen-bond acceptors (Lipinski definition) is 3. The Bertz CT molecular complexity index is 243. The Morgan fingerprint density at radius 2 is 1.93 bits per heavy atom. The fourth-order valence-electron chi connectivity index (χ4n) is 1.01. The second kappa shape index (κ2) is 6.32. The molecule has 0 saturated heterocycles. The van der Waals surface area contributed by atoms with Crippen LogP contribution in [0.5, 0.6) is 0 Å². The van der Waals surface area contributed by atoms with Gasteiger partial charge in [0.15, 0.2) is 0 Å². The predicted octanol–water partition coefficient (Wildman–Crippen LogP) is 1.14. The number of carbonyl (C=O) groups is 2. The zero-order chi connectivity index (χ0) is 11.1. The van der Waals surface area contributed by atoms with Crippen molar-refractivity contribution >= 4 is 11.8 Å². The van der Waals surface area contributed by atoms with Crippen LogP contribution in [-0.2, 0) is 9.59 Å². The van der Waals surface area contributed by atoms with Crippen LogP contribution in [0.2, 0.25) is 0 Å². The van der Waals surface area contributed by atoms with Gasteiger partial charge < -0.3 is 10.2 Å². The molecular weight excluding hydrogens is 184 g/mol. The Labute approximate surface area is 83.2 Å². The smallest absolute Gasteiger partial charge is 0.330 e. The summed E-state index contributed by atoms with van der Waals surface area (Å²) in [4.78, 5) is 21.0. The predicted molar refractivity (Wildman–Crippen MR) is 51.9 cm³/mol. The Morgan fingerprint density at radius 3 is 2.36 bits per heavy atom. The fourth-order valence-corrected chi connectivity index (χ4v) is 1.01. The number of allylic oxidation sites excluding steroid dienone is 1. The first-order chi connectivity index (χ1) is 6.43. The van der Waals surface area contributed by atoms with Gasteiger partial charge in [0, 0.05) is 12.0 Å². The minimum Gasteiger partial charge on any atom is -0.478 e. The molecule has 14 heavy (non-hydrogen) atoms. The van der Waals surface area contributed by atoms with E-state index in [1.54, 1.807) is 6.08 Å². The highest BCUT2D eigenvalue weighted by molar-refractivity contribution is 5.85. The second-order valence-corrected chi connectivity index (χ2v) is 3.33. The molecule has 80 valence electrons. The van der Waals surface area contributed by atoms with E-state index in [9.17, 15) is 14.7 Å². The van der Waals surface area contributed by atoms with Gasteiger partial charge in [-0.25, -0.2) is 4.79 Å². The van der Waals surface area contributed by atoms with Crippen LogP contribution in [0, 0.1) is 0 Å². The SMILES string of the molecule is CC(=O)CC(O)CC/C=C(\C)C(=O)O. The largest absolute Gasteiger partial charge is 0.478 e. The minimum atomic E-state index is -0.953. The number of carboxylic acid groups (broad SMARTS) is 1. The van der Waals surface area contributed by atoms with Crippen molar-refractivity contribution in [3.63, 3.8) is 0 Å². The summed E-state index contributed by atoms with van der Waals surface area (Å²) in [7, 11) is 0. The third kappa shape index (κ3) is 6.37. The highest BCUT2D eigenvalue weighted by atomic mass is 16.4. The second-order valence-electron chi connectivity index (χ2n) is 3.33. The topological polar surface area (TPSA) is 74.6 Å². The molecule has 0 aliphatic rings. The molecule has 0 aromatic heterocycles. The van der Waals surface area contributed by atoms with Crippen LogP contribution in [0.3, 0.4) is 0 Å². The quantitative estimate of drug-likeness (QED) is 0.630. The van der Waals surface area contributed by atoms with Crippen molar-refractivity contribution in [2.75, 3.05) is 0 Å². The van der Waals surface area contributed by atoms with Gasteiger partial charge in [-0.05, 0) is 26.7 Å². The van der Waals surface area contributed by atoms with E-state index in [0.29, 0.717) is 12.8 Å². The number of hydrogen-bond donors (Lipinski definition) is 2. The lowest BCUT2D eigenvalue weighted by Crippen LogP contribution is -2.10. The van der Waals surface area contributed by atoms with Crippen molar-refractivity contribution in [3.05, 3.63) is 11.6 Å². The zero-order valence-corrected chi connectivity index (χ0v) is 8.49. The average Bonchev–Trinajstić information content (AvgIpc) is 2.02. The molecule has 0 saturated carbocycles. The molecule has 0 rings (SSSR count). The number of aliphatic hydroxyl groups is 1. The molecule has 0 bridgehead atoms. The Morgan fingerprint density at radius 1 is 1.36 bits per heavy atom. The summed E-state index contributed by atoms with van der Waals surface area (Å²) in [5.74, 6) is -1.01. The van der Waals surface area contributed by atoms with Crippen LogP contribution in [0.4, 0.5) is 0 Å². The molecule has 0 spiro atoms. The van der Waals surface area contributed by atoms with Gasteiger partial charge >= 0.3 is 5.97 Å². The summed E-state index contributed by atoms with van der Waals surface area (Å²) in [6, 6.07) is 0. The molecule has 0 aromatic rings. The van der Waals surface area contributed by atoms with Gasteiger partial charge in [-0.15, -0.1) is 0 Å². The summed E-state index contributed by atoms with van der Waals surface area (Å²) in [6.07, 6.45) is 1.92. The molecule has 4 nitrogen and oxygen atoms in total. The number of rotatable bonds is 6. The zero-order valence-electron chi connectivity index (χ0n) is 8.49. The Balaban J connectivity index is 3.78. The van der Waals surface area contributed by atoms with Crippen molar-refractivity contribution in [1.82, 2.24) is 0 Å². The summed E-state index contributed by atoms with van der Waals surface area (Å²) >= 11 is 0. The van der Waals surface area contributed by atoms with Crippen LogP contribution >= 0.6 is 0 Å². The molecular formula is C10H16O4. The lowest BCUT2D eigenvalue weighted by atomic mass is 10.1. The normalized spacial score (nSPS) is 13.8. The van der Waals surface area contributed by atoms with Gasteiger partial charge in [-0.1, -0.05) is 6.08 Å². The number of carbonyl (C=O) groups excluding carboxylic acids is 1.